The first-order chi connectivity index (χ1) is 10.2. The molecular formula is C15H22N4O2. The second kappa shape index (κ2) is 6.39. The summed E-state index contributed by atoms with van der Waals surface area (Å²) in [6.07, 6.45) is 5.65. The van der Waals surface area contributed by atoms with Gasteiger partial charge in [-0.05, 0) is 31.7 Å². The van der Waals surface area contributed by atoms with E-state index in [1.54, 1.807) is 12.4 Å². The summed E-state index contributed by atoms with van der Waals surface area (Å²) in [5, 5.41) is 0. The van der Waals surface area contributed by atoms with Crippen LogP contribution in [0.1, 0.15) is 19.8 Å². The Kier molecular flexibility index (Phi) is 4.34. The number of piperazine rings is 1. The van der Waals surface area contributed by atoms with Crippen LogP contribution in [0.5, 0.6) is 0 Å². The maximum absolute atomic E-state index is 12.3. The van der Waals surface area contributed by atoms with Gasteiger partial charge in [0.05, 0.1) is 6.61 Å². The van der Waals surface area contributed by atoms with Crippen LogP contribution in [0.25, 0.3) is 0 Å². The largest absolute Gasteiger partial charge is 0.368 e. The van der Waals surface area contributed by atoms with Gasteiger partial charge in [-0.2, -0.15) is 0 Å². The summed E-state index contributed by atoms with van der Waals surface area (Å²) in [6.45, 7) is 5.53. The molecule has 1 unspecified atom stereocenters. The van der Waals surface area contributed by atoms with Crippen LogP contribution in [0, 0.1) is 5.92 Å². The van der Waals surface area contributed by atoms with Gasteiger partial charge in [-0.3, -0.25) is 4.79 Å². The van der Waals surface area contributed by atoms with Crippen molar-refractivity contribution in [3.8, 4) is 0 Å². The lowest BCUT2D eigenvalue weighted by atomic mass is 10.2. The summed E-state index contributed by atoms with van der Waals surface area (Å²) in [7, 11) is 0. The second-order valence-corrected chi connectivity index (χ2v) is 5.78. The molecule has 1 aliphatic heterocycles. The Morgan fingerprint density at radius 1 is 1.29 bits per heavy atom. The lowest BCUT2D eigenvalue weighted by molar-refractivity contribution is -0.143. The van der Waals surface area contributed by atoms with E-state index in [-0.39, 0.29) is 12.0 Å². The van der Waals surface area contributed by atoms with Gasteiger partial charge < -0.3 is 14.5 Å². The number of carbonyl (C=O) groups excluding carboxylic acids is 1. The Hall–Kier alpha value is -1.69. The highest BCUT2D eigenvalue weighted by atomic mass is 16.5. The van der Waals surface area contributed by atoms with Gasteiger partial charge in [-0.15, -0.1) is 0 Å². The first kappa shape index (κ1) is 14.3. The molecule has 2 aliphatic rings. The van der Waals surface area contributed by atoms with Gasteiger partial charge >= 0.3 is 0 Å². The third-order valence-electron chi connectivity index (χ3n) is 4.05. The minimum Gasteiger partial charge on any atom is -0.368 e. The number of nitrogens with zero attached hydrogens (tertiary/aromatic N) is 4. The summed E-state index contributed by atoms with van der Waals surface area (Å²) >= 11 is 0. The molecule has 0 aromatic carbocycles. The van der Waals surface area contributed by atoms with Crippen molar-refractivity contribution in [1.29, 1.82) is 0 Å². The van der Waals surface area contributed by atoms with Crippen LogP contribution in [0.2, 0.25) is 0 Å². The number of hydrogen-bond donors (Lipinski definition) is 0. The number of carbonyl (C=O) groups is 1. The van der Waals surface area contributed by atoms with E-state index in [4.69, 9.17) is 4.74 Å². The van der Waals surface area contributed by atoms with Crippen molar-refractivity contribution in [1.82, 2.24) is 14.9 Å². The molecule has 1 aliphatic carbocycles. The van der Waals surface area contributed by atoms with E-state index in [2.05, 4.69) is 14.9 Å². The molecule has 1 saturated carbocycles. The van der Waals surface area contributed by atoms with Crippen molar-refractivity contribution < 1.29 is 9.53 Å². The molecule has 21 heavy (non-hydrogen) atoms. The summed E-state index contributed by atoms with van der Waals surface area (Å²) in [5.41, 5.74) is 0. The third-order valence-corrected chi connectivity index (χ3v) is 4.05. The van der Waals surface area contributed by atoms with Gasteiger partial charge in [0.25, 0.3) is 5.91 Å². The zero-order valence-electron chi connectivity index (χ0n) is 12.4. The van der Waals surface area contributed by atoms with Crippen molar-refractivity contribution in [3.63, 3.8) is 0 Å². The van der Waals surface area contributed by atoms with Gasteiger partial charge in [-0.25, -0.2) is 9.97 Å². The Morgan fingerprint density at radius 3 is 2.57 bits per heavy atom. The van der Waals surface area contributed by atoms with Crippen LogP contribution in [0.4, 0.5) is 5.95 Å². The topological polar surface area (TPSA) is 58.6 Å². The summed E-state index contributed by atoms with van der Waals surface area (Å²) in [4.78, 5) is 24.8. The summed E-state index contributed by atoms with van der Waals surface area (Å²) in [5.74, 6) is 1.53. The van der Waals surface area contributed by atoms with E-state index in [0.29, 0.717) is 19.0 Å². The van der Waals surface area contributed by atoms with Crippen LogP contribution >= 0.6 is 0 Å². The van der Waals surface area contributed by atoms with Crippen molar-refractivity contribution in [2.24, 2.45) is 5.92 Å². The normalized spacial score (nSPS) is 20.4. The molecule has 0 N–H and O–H groups in total. The summed E-state index contributed by atoms with van der Waals surface area (Å²) < 4.78 is 5.66. The molecule has 0 radical (unpaired) electrons. The van der Waals surface area contributed by atoms with Crippen molar-refractivity contribution >= 4 is 11.9 Å². The van der Waals surface area contributed by atoms with E-state index in [0.717, 1.165) is 25.6 Å². The molecule has 6 heteroatoms. The predicted octanol–water partition coefficient (Wildman–Crippen LogP) is 0.940. The van der Waals surface area contributed by atoms with Gasteiger partial charge in [0, 0.05) is 38.6 Å². The van der Waals surface area contributed by atoms with Crippen molar-refractivity contribution in [2.75, 3.05) is 37.7 Å². The first-order valence-electron chi connectivity index (χ1n) is 7.66. The molecule has 1 aromatic heterocycles. The van der Waals surface area contributed by atoms with Gasteiger partial charge in [-0.1, -0.05) is 0 Å². The standard InChI is InChI=1S/C15H22N4O2/c1-12(21-11-13-3-4-13)14(20)18-7-9-19(10-8-18)15-16-5-2-6-17-15/h2,5-6,12-13H,3-4,7-11H2,1H3. The molecule has 2 fully saturated rings. The Morgan fingerprint density at radius 2 is 1.95 bits per heavy atom. The van der Waals surface area contributed by atoms with Gasteiger partial charge in [0.15, 0.2) is 0 Å². The Labute approximate surface area is 125 Å². The van der Waals surface area contributed by atoms with Crippen LogP contribution in [0.15, 0.2) is 18.5 Å². The van der Waals surface area contributed by atoms with Crippen LogP contribution in [-0.2, 0) is 9.53 Å². The second-order valence-electron chi connectivity index (χ2n) is 5.78. The van der Waals surface area contributed by atoms with E-state index in [1.165, 1.54) is 12.8 Å². The minimum atomic E-state index is -0.329. The fourth-order valence-electron chi connectivity index (χ4n) is 2.47. The molecule has 1 aromatic rings. The molecule has 3 rings (SSSR count). The zero-order chi connectivity index (χ0) is 14.7. The molecule has 1 saturated heterocycles. The Balaban J connectivity index is 1.47. The highest BCUT2D eigenvalue weighted by Gasteiger charge is 2.28. The number of aromatic nitrogens is 2. The quantitative estimate of drug-likeness (QED) is 0.808. The fourth-order valence-corrected chi connectivity index (χ4v) is 2.47. The van der Waals surface area contributed by atoms with Crippen LogP contribution in [0.3, 0.4) is 0 Å². The van der Waals surface area contributed by atoms with Gasteiger partial charge in [0.1, 0.15) is 6.10 Å². The highest BCUT2D eigenvalue weighted by molar-refractivity contribution is 5.80. The third kappa shape index (κ3) is 3.69. The van der Waals surface area contributed by atoms with Crippen LogP contribution in [-0.4, -0.2) is 59.7 Å². The van der Waals surface area contributed by atoms with Gasteiger partial charge in [0.2, 0.25) is 5.95 Å². The zero-order valence-corrected chi connectivity index (χ0v) is 12.4. The predicted molar refractivity (Wildman–Crippen MR) is 79.0 cm³/mol. The average Bonchev–Trinajstić information content (AvgIpc) is 3.37. The minimum absolute atomic E-state index is 0.101. The first-order valence-corrected chi connectivity index (χ1v) is 7.66. The van der Waals surface area contributed by atoms with E-state index in [9.17, 15) is 4.79 Å². The molecule has 0 spiro atoms. The monoisotopic (exact) mass is 290 g/mol. The lowest BCUT2D eigenvalue weighted by Crippen LogP contribution is -2.51. The van der Waals surface area contributed by atoms with E-state index < -0.39 is 0 Å². The lowest BCUT2D eigenvalue weighted by Gasteiger charge is -2.35. The molecular weight excluding hydrogens is 268 g/mol. The SMILES string of the molecule is CC(OCC1CC1)C(=O)N1CCN(c2ncccn2)CC1. The molecule has 1 amide bonds. The summed E-state index contributed by atoms with van der Waals surface area (Å²) in [6, 6.07) is 1.81. The molecule has 0 bridgehead atoms. The van der Waals surface area contributed by atoms with E-state index in [1.807, 2.05) is 17.9 Å². The van der Waals surface area contributed by atoms with Crippen molar-refractivity contribution in [3.05, 3.63) is 18.5 Å². The fraction of sp³-hybridized carbons (Fsp3) is 0.667. The number of rotatable bonds is 5. The highest BCUT2D eigenvalue weighted by Crippen LogP contribution is 2.29. The molecule has 6 nitrogen and oxygen atoms in total. The number of amides is 1. The van der Waals surface area contributed by atoms with Crippen LogP contribution < -0.4 is 4.90 Å². The number of ether oxygens (including phenoxy) is 1. The maximum atomic E-state index is 12.3. The average molecular weight is 290 g/mol. The molecule has 2 heterocycles. The maximum Gasteiger partial charge on any atom is 0.251 e. The molecule has 1 atom stereocenters. The Bertz CT molecular complexity index is 470. The smallest absolute Gasteiger partial charge is 0.251 e. The molecule has 114 valence electrons. The van der Waals surface area contributed by atoms with E-state index >= 15 is 0 Å². The number of anilines is 1. The van der Waals surface area contributed by atoms with Crippen molar-refractivity contribution in [2.45, 2.75) is 25.9 Å². The number of hydrogen-bond acceptors (Lipinski definition) is 5.